The molecule has 0 saturated heterocycles. The van der Waals surface area contributed by atoms with Gasteiger partial charge in [-0.1, -0.05) is 18.5 Å². The van der Waals surface area contributed by atoms with Crippen LogP contribution in [0.3, 0.4) is 0 Å². The van der Waals surface area contributed by atoms with Crippen LogP contribution in [0.15, 0.2) is 28.8 Å². The van der Waals surface area contributed by atoms with E-state index in [1.807, 2.05) is 6.92 Å². The summed E-state index contributed by atoms with van der Waals surface area (Å²) in [5, 5.41) is 6.32. The number of rotatable bonds is 9. The van der Waals surface area contributed by atoms with Crippen molar-refractivity contribution in [3.8, 4) is 11.5 Å². The monoisotopic (exact) mass is 376 g/mol. The quantitative estimate of drug-likeness (QED) is 0.670. The Morgan fingerprint density at radius 2 is 1.81 bits per heavy atom. The summed E-state index contributed by atoms with van der Waals surface area (Å²) >= 11 is 0. The van der Waals surface area contributed by atoms with Crippen LogP contribution in [0.1, 0.15) is 42.3 Å². The highest BCUT2D eigenvalue weighted by Gasteiger charge is 2.25. The van der Waals surface area contributed by atoms with Gasteiger partial charge in [-0.3, -0.25) is 4.79 Å². The summed E-state index contributed by atoms with van der Waals surface area (Å²) in [6, 6.07) is 6.29. The molecule has 1 aromatic carbocycles. The van der Waals surface area contributed by atoms with E-state index >= 15 is 0 Å². The lowest BCUT2D eigenvalue weighted by Gasteiger charge is -2.17. The van der Waals surface area contributed by atoms with Crippen LogP contribution in [-0.2, 0) is 9.53 Å². The number of aromatic nitrogens is 1. The second kappa shape index (κ2) is 9.61. The van der Waals surface area contributed by atoms with Gasteiger partial charge in [0.2, 0.25) is 0 Å². The number of amides is 1. The fraction of sp³-hybridized carbons (Fsp3) is 0.421. The predicted molar refractivity (Wildman–Crippen MR) is 98.1 cm³/mol. The maximum absolute atomic E-state index is 12.6. The largest absolute Gasteiger partial charge is 0.497 e. The van der Waals surface area contributed by atoms with Crippen LogP contribution in [0.5, 0.6) is 11.5 Å². The van der Waals surface area contributed by atoms with Gasteiger partial charge in [0.1, 0.15) is 17.3 Å². The van der Waals surface area contributed by atoms with Crippen LogP contribution < -0.4 is 14.8 Å². The molecule has 1 atom stereocenters. The molecule has 0 radical (unpaired) electrons. The van der Waals surface area contributed by atoms with Gasteiger partial charge in [-0.15, -0.1) is 0 Å². The normalized spacial score (nSPS) is 11.6. The third-order valence-corrected chi connectivity index (χ3v) is 3.83. The van der Waals surface area contributed by atoms with E-state index in [1.165, 1.54) is 26.4 Å². The van der Waals surface area contributed by atoms with E-state index in [1.54, 1.807) is 19.1 Å². The number of carbonyl (C=O) groups excluding carboxylic acids is 2. The zero-order valence-corrected chi connectivity index (χ0v) is 15.9. The first-order valence-electron chi connectivity index (χ1n) is 8.65. The first-order chi connectivity index (χ1) is 13.0. The molecule has 0 aliphatic carbocycles. The van der Waals surface area contributed by atoms with E-state index in [4.69, 9.17) is 18.7 Å². The van der Waals surface area contributed by atoms with Gasteiger partial charge in [-0.2, -0.15) is 0 Å². The molecule has 2 rings (SSSR count). The Morgan fingerprint density at radius 3 is 2.33 bits per heavy atom. The van der Waals surface area contributed by atoms with Crippen molar-refractivity contribution in [1.29, 1.82) is 0 Å². The first kappa shape index (κ1) is 20.3. The average molecular weight is 376 g/mol. The van der Waals surface area contributed by atoms with Crippen molar-refractivity contribution < 1.29 is 28.3 Å². The smallest absolute Gasteiger partial charge is 0.339 e. The standard InChI is InChI=1S/C19H24N2O6/c1-5-6-7-16(18(22)20-17-8-12(2)27-21-17)26-19(23)13-9-14(24-3)11-15(10-13)25-4/h8-11,16H,5-7H2,1-4H3,(H,20,21,22). The fourth-order valence-corrected chi connectivity index (χ4v) is 2.39. The summed E-state index contributed by atoms with van der Waals surface area (Å²) in [5.41, 5.74) is 0.234. The number of aryl methyl sites for hydroxylation is 1. The molecule has 0 aliphatic rings. The molecule has 0 fully saturated rings. The number of benzene rings is 1. The van der Waals surface area contributed by atoms with Gasteiger partial charge in [0.05, 0.1) is 19.8 Å². The lowest BCUT2D eigenvalue weighted by atomic mass is 10.1. The summed E-state index contributed by atoms with van der Waals surface area (Å²) < 4.78 is 20.7. The number of methoxy groups -OCH3 is 2. The van der Waals surface area contributed by atoms with Crippen LogP contribution in [0.2, 0.25) is 0 Å². The van der Waals surface area contributed by atoms with E-state index < -0.39 is 18.0 Å². The lowest BCUT2D eigenvalue weighted by molar-refractivity contribution is -0.125. The van der Waals surface area contributed by atoms with E-state index in [9.17, 15) is 9.59 Å². The van der Waals surface area contributed by atoms with Gasteiger partial charge in [0.15, 0.2) is 11.9 Å². The zero-order valence-electron chi connectivity index (χ0n) is 15.9. The van der Waals surface area contributed by atoms with E-state index in [0.717, 1.165) is 12.8 Å². The van der Waals surface area contributed by atoms with Gasteiger partial charge >= 0.3 is 5.97 Å². The Balaban J connectivity index is 2.14. The van der Waals surface area contributed by atoms with E-state index in [2.05, 4.69) is 10.5 Å². The van der Waals surface area contributed by atoms with Crippen molar-refractivity contribution in [1.82, 2.24) is 5.16 Å². The minimum atomic E-state index is -0.952. The molecule has 0 saturated carbocycles. The van der Waals surface area contributed by atoms with Crippen LogP contribution in [-0.4, -0.2) is 37.4 Å². The predicted octanol–water partition coefficient (Wildman–Crippen LogP) is 3.35. The van der Waals surface area contributed by atoms with Crippen molar-refractivity contribution >= 4 is 17.7 Å². The van der Waals surface area contributed by atoms with Crippen molar-refractivity contribution in [2.24, 2.45) is 0 Å². The number of anilines is 1. The molecular formula is C19H24N2O6. The maximum Gasteiger partial charge on any atom is 0.339 e. The molecule has 0 spiro atoms. The third-order valence-electron chi connectivity index (χ3n) is 3.83. The number of hydrogen-bond donors (Lipinski definition) is 1. The number of hydrogen-bond acceptors (Lipinski definition) is 7. The minimum Gasteiger partial charge on any atom is -0.497 e. The van der Waals surface area contributed by atoms with Crippen LogP contribution >= 0.6 is 0 Å². The van der Waals surface area contributed by atoms with E-state index in [-0.39, 0.29) is 11.4 Å². The number of esters is 1. The number of nitrogens with one attached hydrogen (secondary N) is 1. The highest BCUT2D eigenvalue weighted by atomic mass is 16.5. The number of nitrogens with zero attached hydrogens (tertiary/aromatic N) is 1. The van der Waals surface area contributed by atoms with Crippen molar-refractivity contribution in [3.63, 3.8) is 0 Å². The van der Waals surface area contributed by atoms with Crippen LogP contribution in [0.25, 0.3) is 0 Å². The Labute approximate surface area is 157 Å². The van der Waals surface area contributed by atoms with Gasteiger partial charge in [0.25, 0.3) is 5.91 Å². The van der Waals surface area contributed by atoms with Gasteiger partial charge < -0.3 is 24.1 Å². The molecule has 146 valence electrons. The second-order valence-corrected chi connectivity index (χ2v) is 5.95. The maximum atomic E-state index is 12.6. The number of ether oxygens (including phenoxy) is 3. The average Bonchev–Trinajstić information content (AvgIpc) is 3.08. The molecule has 1 heterocycles. The molecule has 2 aromatic rings. The molecule has 1 unspecified atom stereocenters. The van der Waals surface area contributed by atoms with Gasteiger partial charge in [0, 0.05) is 12.1 Å². The highest BCUT2D eigenvalue weighted by molar-refractivity contribution is 5.97. The molecule has 8 heteroatoms. The molecule has 0 bridgehead atoms. The summed E-state index contributed by atoms with van der Waals surface area (Å²) in [4.78, 5) is 25.1. The molecular weight excluding hydrogens is 352 g/mol. The van der Waals surface area contributed by atoms with E-state index in [0.29, 0.717) is 23.7 Å². The zero-order chi connectivity index (χ0) is 19.8. The van der Waals surface area contributed by atoms with Crippen molar-refractivity contribution in [3.05, 3.63) is 35.6 Å². The molecule has 0 aliphatic heterocycles. The molecule has 1 amide bonds. The molecule has 1 N–H and O–H groups in total. The summed E-state index contributed by atoms with van der Waals surface area (Å²) in [5.74, 6) is 0.650. The summed E-state index contributed by atoms with van der Waals surface area (Å²) in [6.45, 7) is 3.71. The SMILES string of the molecule is CCCCC(OC(=O)c1cc(OC)cc(OC)c1)C(=O)Nc1cc(C)on1. The van der Waals surface area contributed by atoms with Gasteiger partial charge in [-0.25, -0.2) is 4.79 Å². The highest BCUT2D eigenvalue weighted by Crippen LogP contribution is 2.24. The van der Waals surface area contributed by atoms with Crippen LogP contribution in [0, 0.1) is 6.92 Å². The van der Waals surface area contributed by atoms with Crippen LogP contribution in [0.4, 0.5) is 5.82 Å². The number of unbranched alkanes of at least 4 members (excludes halogenated alkanes) is 1. The third kappa shape index (κ3) is 5.73. The topological polar surface area (TPSA) is 99.9 Å². The van der Waals surface area contributed by atoms with Crippen molar-refractivity contribution in [2.45, 2.75) is 39.2 Å². The Hall–Kier alpha value is -3.03. The van der Waals surface area contributed by atoms with Crippen molar-refractivity contribution in [2.75, 3.05) is 19.5 Å². The second-order valence-electron chi connectivity index (χ2n) is 5.95. The molecule has 8 nitrogen and oxygen atoms in total. The summed E-state index contributed by atoms with van der Waals surface area (Å²) in [7, 11) is 2.97. The minimum absolute atomic E-state index is 0.234. The molecule has 27 heavy (non-hydrogen) atoms. The Bertz CT molecular complexity index is 764. The number of carbonyl (C=O) groups is 2. The Kier molecular flexibility index (Phi) is 7.22. The lowest BCUT2D eigenvalue weighted by Crippen LogP contribution is -2.32. The summed E-state index contributed by atoms with van der Waals surface area (Å²) in [6.07, 6.45) is 1.03. The van der Waals surface area contributed by atoms with Gasteiger partial charge in [-0.05, 0) is 31.9 Å². The fourth-order valence-electron chi connectivity index (χ4n) is 2.39. The first-order valence-corrected chi connectivity index (χ1v) is 8.65. The molecule has 1 aromatic heterocycles. The Morgan fingerprint density at radius 1 is 1.15 bits per heavy atom.